The summed E-state index contributed by atoms with van der Waals surface area (Å²) < 4.78 is 29.6. The first-order chi connectivity index (χ1) is 14.8. The number of hydrogen-bond acceptors (Lipinski definition) is 6. The van der Waals surface area contributed by atoms with E-state index >= 15 is 0 Å². The largest absolute Gasteiger partial charge is 0.494 e. The molecule has 1 aromatic heterocycles. The second-order valence-electron chi connectivity index (χ2n) is 7.69. The molecule has 8 nitrogen and oxygen atoms in total. The minimum atomic E-state index is -3.77. The standard InChI is InChI=1S/C21H28N4O4S2/c1-3-13-25-20(27)16(19(26)23-21(25)30)14-22-17-11-7-8-12-18(17)31(28,29)24(2)15-9-5-4-6-10-15/h7-8,11-12,14-15,27H,3-6,9-10,13H2,1-2H3,(H,23,26,30). The van der Waals surface area contributed by atoms with E-state index in [2.05, 4.69) is 9.98 Å². The fourth-order valence-corrected chi connectivity index (χ4v) is 5.65. The van der Waals surface area contributed by atoms with Crippen LogP contribution in [0.5, 0.6) is 5.88 Å². The molecule has 0 atom stereocenters. The third kappa shape index (κ3) is 4.97. The van der Waals surface area contributed by atoms with Crippen molar-refractivity contribution < 1.29 is 13.5 Å². The zero-order valence-electron chi connectivity index (χ0n) is 17.7. The van der Waals surface area contributed by atoms with Gasteiger partial charge in [-0.25, -0.2) is 8.42 Å². The molecule has 0 amide bonds. The fourth-order valence-electron chi connectivity index (χ4n) is 3.83. The fraction of sp³-hybridized carbons (Fsp3) is 0.476. The van der Waals surface area contributed by atoms with Crippen LogP contribution in [0.25, 0.3) is 0 Å². The number of H-pyrrole nitrogens is 1. The maximum absolute atomic E-state index is 13.3. The highest BCUT2D eigenvalue weighted by Gasteiger charge is 2.30. The Bertz CT molecular complexity index is 1180. The van der Waals surface area contributed by atoms with Crippen molar-refractivity contribution in [2.75, 3.05) is 7.05 Å². The van der Waals surface area contributed by atoms with Crippen molar-refractivity contribution in [2.24, 2.45) is 4.99 Å². The first-order valence-corrected chi connectivity index (χ1v) is 12.3. The molecule has 1 aromatic carbocycles. The zero-order chi connectivity index (χ0) is 22.6. The molecule has 0 radical (unpaired) electrons. The average molecular weight is 465 g/mol. The summed E-state index contributed by atoms with van der Waals surface area (Å²) in [7, 11) is -2.16. The van der Waals surface area contributed by atoms with Crippen LogP contribution in [-0.2, 0) is 16.6 Å². The molecule has 31 heavy (non-hydrogen) atoms. The number of aromatic hydroxyl groups is 1. The van der Waals surface area contributed by atoms with Gasteiger partial charge in [-0.15, -0.1) is 0 Å². The van der Waals surface area contributed by atoms with E-state index in [9.17, 15) is 18.3 Å². The van der Waals surface area contributed by atoms with Gasteiger partial charge < -0.3 is 5.11 Å². The number of aliphatic imine (C=N–C) groups is 1. The predicted molar refractivity (Wildman–Crippen MR) is 123 cm³/mol. The van der Waals surface area contributed by atoms with Gasteiger partial charge in [0.1, 0.15) is 10.5 Å². The van der Waals surface area contributed by atoms with Crippen molar-refractivity contribution in [2.45, 2.75) is 62.9 Å². The number of sulfonamides is 1. The number of para-hydroxylation sites is 1. The molecule has 0 bridgehead atoms. The van der Waals surface area contributed by atoms with Gasteiger partial charge in [0.05, 0.1) is 5.69 Å². The molecule has 0 unspecified atom stereocenters. The van der Waals surface area contributed by atoms with E-state index in [0.29, 0.717) is 13.0 Å². The minimum absolute atomic E-state index is 0.0322. The van der Waals surface area contributed by atoms with Crippen LogP contribution < -0.4 is 5.56 Å². The predicted octanol–water partition coefficient (Wildman–Crippen LogP) is 3.73. The molecule has 1 aliphatic carbocycles. The van der Waals surface area contributed by atoms with Gasteiger partial charge in [-0.3, -0.25) is 19.3 Å². The molecule has 2 aromatic rings. The Morgan fingerprint density at radius 2 is 1.97 bits per heavy atom. The maximum atomic E-state index is 13.3. The summed E-state index contributed by atoms with van der Waals surface area (Å²) in [6.07, 6.45) is 6.74. The van der Waals surface area contributed by atoms with Gasteiger partial charge in [0, 0.05) is 25.8 Å². The van der Waals surface area contributed by atoms with Gasteiger partial charge in [0.2, 0.25) is 15.9 Å². The number of rotatable bonds is 7. The lowest BCUT2D eigenvalue weighted by atomic mass is 9.96. The highest BCUT2D eigenvalue weighted by Crippen LogP contribution is 2.31. The lowest BCUT2D eigenvalue weighted by Crippen LogP contribution is -2.38. The van der Waals surface area contributed by atoms with E-state index in [-0.39, 0.29) is 32.8 Å². The van der Waals surface area contributed by atoms with E-state index in [1.165, 1.54) is 21.2 Å². The van der Waals surface area contributed by atoms with Crippen molar-refractivity contribution in [1.82, 2.24) is 13.9 Å². The molecule has 10 heteroatoms. The van der Waals surface area contributed by atoms with Gasteiger partial charge in [-0.2, -0.15) is 4.31 Å². The second-order valence-corrected chi connectivity index (χ2v) is 10.0. The Balaban J connectivity index is 2.00. The summed E-state index contributed by atoms with van der Waals surface area (Å²) >= 11 is 5.11. The summed E-state index contributed by atoms with van der Waals surface area (Å²) in [5.74, 6) is -0.293. The lowest BCUT2D eigenvalue weighted by Gasteiger charge is -2.30. The molecule has 1 saturated carbocycles. The number of nitrogens with one attached hydrogen (secondary N) is 1. The van der Waals surface area contributed by atoms with Crippen molar-refractivity contribution >= 4 is 34.1 Å². The van der Waals surface area contributed by atoms with Crippen molar-refractivity contribution in [3.05, 3.63) is 45.0 Å². The Hall–Kier alpha value is -2.30. The van der Waals surface area contributed by atoms with Crippen LogP contribution >= 0.6 is 12.2 Å². The van der Waals surface area contributed by atoms with Crippen LogP contribution in [0.1, 0.15) is 51.0 Å². The van der Waals surface area contributed by atoms with E-state index in [1.54, 1.807) is 25.2 Å². The monoisotopic (exact) mass is 464 g/mol. The van der Waals surface area contributed by atoms with Crippen molar-refractivity contribution in [3.8, 4) is 5.88 Å². The Labute approximate surface area is 187 Å². The SMILES string of the molecule is CCCn1c(O)c(C=Nc2ccccc2S(=O)(=O)N(C)C2CCCCC2)c(=O)[nH]c1=S. The summed E-state index contributed by atoms with van der Waals surface area (Å²) in [6.45, 7) is 2.35. The van der Waals surface area contributed by atoms with Crippen LogP contribution in [0, 0.1) is 4.77 Å². The highest BCUT2D eigenvalue weighted by atomic mass is 32.2. The number of hydrogen-bond donors (Lipinski definition) is 2. The van der Waals surface area contributed by atoms with Gasteiger partial charge in [0.15, 0.2) is 4.77 Å². The lowest BCUT2D eigenvalue weighted by molar-refractivity contribution is 0.286. The van der Waals surface area contributed by atoms with Crippen LogP contribution in [-0.4, -0.2) is 46.7 Å². The molecular formula is C21H28N4O4S2. The molecule has 1 aliphatic rings. The summed E-state index contributed by atoms with van der Waals surface area (Å²) in [4.78, 5) is 19.2. The second kappa shape index (κ2) is 9.88. The average Bonchev–Trinajstić information content (AvgIpc) is 2.76. The first-order valence-electron chi connectivity index (χ1n) is 10.4. The Kier molecular flexibility index (Phi) is 7.45. The minimum Gasteiger partial charge on any atom is -0.494 e. The maximum Gasteiger partial charge on any atom is 0.264 e. The normalized spacial score (nSPS) is 15.7. The molecule has 0 saturated heterocycles. The van der Waals surface area contributed by atoms with E-state index in [0.717, 1.165) is 32.1 Å². The molecule has 1 fully saturated rings. The quantitative estimate of drug-likeness (QED) is 0.480. The van der Waals surface area contributed by atoms with Gasteiger partial charge in [-0.05, 0) is 43.6 Å². The zero-order valence-corrected chi connectivity index (χ0v) is 19.4. The van der Waals surface area contributed by atoms with Crippen molar-refractivity contribution in [1.29, 1.82) is 0 Å². The van der Waals surface area contributed by atoms with Gasteiger partial charge in [-0.1, -0.05) is 38.3 Å². The molecule has 0 aliphatic heterocycles. The topological polar surface area (TPSA) is 108 Å². The number of benzene rings is 1. The van der Waals surface area contributed by atoms with E-state index in [4.69, 9.17) is 12.2 Å². The summed E-state index contributed by atoms with van der Waals surface area (Å²) in [6, 6.07) is 6.38. The summed E-state index contributed by atoms with van der Waals surface area (Å²) in [5, 5.41) is 10.5. The number of aromatic amines is 1. The molecule has 1 heterocycles. The molecule has 168 valence electrons. The smallest absolute Gasteiger partial charge is 0.264 e. The molecular weight excluding hydrogens is 436 g/mol. The number of nitrogens with zero attached hydrogens (tertiary/aromatic N) is 3. The van der Waals surface area contributed by atoms with Crippen molar-refractivity contribution in [3.63, 3.8) is 0 Å². The first kappa shape index (κ1) is 23.4. The molecule has 0 spiro atoms. The van der Waals surface area contributed by atoms with Gasteiger partial charge in [0.25, 0.3) is 5.56 Å². The number of aromatic nitrogens is 2. The Morgan fingerprint density at radius 1 is 1.29 bits per heavy atom. The van der Waals surface area contributed by atoms with Gasteiger partial charge >= 0.3 is 0 Å². The summed E-state index contributed by atoms with van der Waals surface area (Å²) in [5.41, 5.74) is -0.457. The Morgan fingerprint density at radius 3 is 2.65 bits per heavy atom. The van der Waals surface area contributed by atoms with E-state index in [1.807, 2.05) is 6.92 Å². The highest BCUT2D eigenvalue weighted by molar-refractivity contribution is 7.89. The third-order valence-corrected chi connectivity index (χ3v) is 7.88. The van der Waals surface area contributed by atoms with Crippen LogP contribution in [0.4, 0.5) is 5.69 Å². The van der Waals surface area contributed by atoms with Crippen LogP contribution in [0.2, 0.25) is 0 Å². The molecule has 2 N–H and O–H groups in total. The third-order valence-electron chi connectivity index (χ3n) is 5.60. The molecule has 3 rings (SSSR count). The van der Waals surface area contributed by atoms with Crippen LogP contribution in [0.3, 0.4) is 0 Å². The van der Waals surface area contributed by atoms with E-state index < -0.39 is 15.6 Å². The van der Waals surface area contributed by atoms with Crippen LogP contribution in [0.15, 0.2) is 38.9 Å².